The molecule has 0 radical (unpaired) electrons. The van der Waals surface area contributed by atoms with Gasteiger partial charge in [0.15, 0.2) is 17.5 Å². The Morgan fingerprint density at radius 2 is 1.48 bits per heavy atom. The van der Waals surface area contributed by atoms with Gasteiger partial charge < -0.3 is 20.1 Å². The largest absolute Gasteiger partial charge is 0.493 e. The summed E-state index contributed by atoms with van der Waals surface area (Å²) in [6.45, 7) is 7.81. The lowest BCUT2D eigenvalue weighted by molar-refractivity contribution is 0.354. The Hall–Kier alpha value is -1.96. The number of nitrogens with one attached hydrogen (secondary N) is 2. The summed E-state index contributed by atoms with van der Waals surface area (Å²) in [4.78, 5) is 4.31. The van der Waals surface area contributed by atoms with Crippen LogP contribution in [-0.4, -0.2) is 27.2 Å². The normalized spacial score (nSPS) is 10.8. The summed E-state index contributed by atoms with van der Waals surface area (Å²) in [5.41, 5.74) is 6.29. The predicted molar refractivity (Wildman–Crippen MR) is 123 cm³/mol. The zero-order valence-corrected chi connectivity index (χ0v) is 19.3. The summed E-state index contributed by atoms with van der Waals surface area (Å²) in [7, 11) is 5.05. The number of guanidine groups is 1. The lowest BCUT2D eigenvalue weighted by atomic mass is 10.00. The highest BCUT2D eigenvalue weighted by atomic mass is 127. The Kier molecular flexibility index (Phi) is 9.41. The highest BCUT2D eigenvalue weighted by molar-refractivity contribution is 14.0. The number of halogens is 1. The van der Waals surface area contributed by atoms with E-state index in [2.05, 4.69) is 48.5 Å². The van der Waals surface area contributed by atoms with E-state index in [4.69, 9.17) is 9.47 Å². The molecule has 2 aromatic rings. The minimum atomic E-state index is 0. The van der Waals surface area contributed by atoms with Crippen LogP contribution in [0.2, 0.25) is 0 Å². The van der Waals surface area contributed by atoms with Gasteiger partial charge in [0.2, 0.25) is 0 Å². The van der Waals surface area contributed by atoms with E-state index >= 15 is 0 Å². The summed E-state index contributed by atoms with van der Waals surface area (Å²) < 4.78 is 10.6. The molecular formula is C21H30IN3O2. The predicted octanol–water partition coefficient (Wildman–Crippen LogP) is 4.11. The first-order valence-corrected chi connectivity index (χ1v) is 8.70. The van der Waals surface area contributed by atoms with Crippen molar-refractivity contribution in [2.24, 2.45) is 4.99 Å². The molecule has 0 aliphatic carbocycles. The number of nitrogens with zero attached hydrogens (tertiary/aromatic N) is 1. The van der Waals surface area contributed by atoms with Crippen LogP contribution < -0.4 is 20.1 Å². The molecule has 0 saturated carbocycles. The Morgan fingerprint density at radius 3 is 2.04 bits per heavy atom. The minimum Gasteiger partial charge on any atom is -0.493 e. The van der Waals surface area contributed by atoms with E-state index < -0.39 is 0 Å². The summed E-state index contributed by atoms with van der Waals surface area (Å²) >= 11 is 0. The molecule has 0 aliphatic rings. The summed E-state index contributed by atoms with van der Waals surface area (Å²) in [6.07, 6.45) is 0. The Bertz CT molecular complexity index is 768. The average Bonchev–Trinajstić information content (AvgIpc) is 2.62. The van der Waals surface area contributed by atoms with Gasteiger partial charge in [-0.2, -0.15) is 0 Å². The summed E-state index contributed by atoms with van der Waals surface area (Å²) in [5, 5.41) is 6.73. The zero-order chi connectivity index (χ0) is 19.1. The van der Waals surface area contributed by atoms with Crippen LogP contribution in [0.4, 0.5) is 0 Å². The lowest BCUT2D eigenvalue weighted by Crippen LogP contribution is -2.36. The fraction of sp³-hybridized carbons (Fsp3) is 0.381. The number of benzene rings is 2. The van der Waals surface area contributed by atoms with Crippen molar-refractivity contribution in [2.45, 2.75) is 33.9 Å². The molecule has 0 aromatic heterocycles. The van der Waals surface area contributed by atoms with Crippen molar-refractivity contribution in [1.29, 1.82) is 0 Å². The van der Waals surface area contributed by atoms with Crippen molar-refractivity contribution < 1.29 is 9.47 Å². The molecule has 0 bridgehead atoms. The van der Waals surface area contributed by atoms with Crippen LogP contribution >= 0.6 is 24.0 Å². The maximum Gasteiger partial charge on any atom is 0.191 e. The van der Waals surface area contributed by atoms with Crippen molar-refractivity contribution in [3.63, 3.8) is 0 Å². The van der Waals surface area contributed by atoms with Gasteiger partial charge in [-0.25, -0.2) is 0 Å². The van der Waals surface area contributed by atoms with Crippen molar-refractivity contribution >= 4 is 29.9 Å². The van der Waals surface area contributed by atoms with Crippen LogP contribution in [0.1, 0.15) is 27.8 Å². The molecule has 148 valence electrons. The standard InChI is InChI=1S/C21H29N3O2.HI/c1-14-9-15(2)18(16(3)10-14)13-24-21(22-4)23-12-17-7-8-19(25-5)20(11-17)26-6;/h7-11H,12-13H2,1-6H3,(H2,22,23,24);1H. The molecule has 0 atom stereocenters. The van der Waals surface area contributed by atoms with E-state index in [9.17, 15) is 0 Å². The molecule has 27 heavy (non-hydrogen) atoms. The number of ether oxygens (including phenoxy) is 2. The number of methoxy groups -OCH3 is 2. The van der Waals surface area contributed by atoms with Crippen molar-refractivity contribution in [3.05, 3.63) is 58.1 Å². The van der Waals surface area contributed by atoms with E-state index in [-0.39, 0.29) is 24.0 Å². The Labute approximate surface area is 179 Å². The first-order chi connectivity index (χ1) is 12.5. The molecule has 0 saturated heterocycles. The Balaban J connectivity index is 0.00000364. The number of hydrogen-bond donors (Lipinski definition) is 2. The molecule has 0 heterocycles. The highest BCUT2D eigenvalue weighted by Crippen LogP contribution is 2.27. The molecule has 0 fully saturated rings. The molecule has 5 nitrogen and oxygen atoms in total. The first kappa shape index (κ1) is 23.1. The quantitative estimate of drug-likeness (QED) is 0.369. The monoisotopic (exact) mass is 483 g/mol. The van der Waals surface area contributed by atoms with E-state index in [1.54, 1.807) is 21.3 Å². The van der Waals surface area contributed by atoms with Crippen LogP contribution in [0, 0.1) is 20.8 Å². The molecule has 2 rings (SSSR count). The second-order valence-electron chi connectivity index (χ2n) is 6.35. The van der Waals surface area contributed by atoms with E-state index in [0.29, 0.717) is 6.54 Å². The zero-order valence-electron chi connectivity index (χ0n) is 17.0. The second kappa shape index (κ2) is 11.0. The third-order valence-electron chi connectivity index (χ3n) is 4.40. The van der Waals surface area contributed by atoms with Gasteiger partial charge in [0.1, 0.15) is 0 Å². The smallest absolute Gasteiger partial charge is 0.191 e. The lowest BCUT2D eigenvalue weighted by Gasteiger charge is -2.16. The van der Waals surface area contributed by atoms with Gasteiger partial charge in [0.25, 0.3) is 0 Å². The van der Waals surface area contributed by atoms with Crippen molar-refractivity contribution in [2.75, 3.05) is 21.3 Å². The van der Waals surface area contributed by atoms with Crippen LogP contribution in [0.25, 0.3) is 0 Å². The van der Waals surface area contributed by atoms with Gasteiger partial charge in [0.05, 0.1) is 14.2 Å². The van der Waals surface area contributed by atoms with Gasteiger partial charge in [-0.3, -0.25) is 4.99 Å². The molecule has 0 amide bonds. The SMILES string of the molecule is CN=C(NCc1ccc(OC)c(OC)c1)NCc1c(C)cc(C)cc1C.I. The van der Waals surface area contributed by atoms with E-state index in [1.807, 2.05) is 18.2 Å². The average molecular weight is 483 g/mol. The van der Waals surface area contributed by atoms with Crippen molar-refractivity contribution in [1.82, 2.24) is 10.6 Å². The second-order valence-corrected chi connectivity index (χ2v) is 6.35. The first-order valence-electron chi connectivity index (χ1n) is 8.70. The fourth-order valence-electron chi connectivity index (χ4n) is 3.06. The van der Waals surface area contributed by atoms with Crippen molar-refractivity contribution in [3.8, 4) is 11.5 Å². The van der Waals surface area contributed by atoms with Crippen LogP contribution in [0.5, 0.6) is 11.5 Å². The number of hydrogen-bond acceptors (Lipinski definition) is 3. The van der Waals surface area contributed by atoms with E-state index in [1.165, 1.54) is 22.3 Å². The molecule has 0 aliphatic heterocycles. The number of aliphatic imine (C=N–C) groups is 1. The van der Waals surface area contributed by atoms with Crippen LogP contribution in [-0.2, 0) is 13.1 Å². The van der Waals surface area contributed by atoms with Gasteiger partial charge in [-0.1, -0.05) is 23.8 Å². The maximum atomic E-state index is 5.35. The third-order valence-corrected chi connectivity index (χ3v) is 4.40. The fourth-order valence-corrected chi connectivity index (χ4v) is 3.06. The van der Waals surface area contributed by atoms with Gasteiger partial charge >= 0.3 is 0 Å². The number of rotatable bonds is 6. The molecule has 0 spiro atoms. The third kappa shape index (κ3) is 6.30. The molecule has 2 N–H and O–H groups in total. The minimum absolute atomic E-state index is 0. The van der Waals surface area contributed by atoms with Gasteiger partial charge in [0, 0.05) is 20.1 Å². The van der Waals surface area contributed by atoms with Gasteiger partial charge in [-0.05, 0) is 55.2 Å². The molecular weight excluding hydrogens is 453 g/mol. The Morgan fingerprint density at radius 1 is 0.889 bits per heavy atom. The highest BCUT2D eigenvalue weighted by Gasteiger charge is 2.07. The molecule has 6 heteroatoms. The van der Waals surface area contributed by atoms with Gasteiger partial charge in [-0.15, -0.1) is 24.0 Å². The molecule has 2 aromatic carbocycles. The summed E-state index contributed by atoms with van der Waals surface area (Å²) in [5.74, 6) is 2.21. The maximum absolute atomic E-state index is 5.35. The molecule has 0 unspecified atom stereocenters. The van der Waals surface area contributed by atoms with Crippen LogP contribution in [0.3, 0.4) is 0 Å². The summed E-state index contributed by atoms with van der Waals surface area (Å²) in [6, 6.07) is 10.3. The van der Waals surface area contributed by atoms with E-state index in [0.717, 1.165) is 29.6 Å². The topological polar surface area (TPSA) is 54.9 Å². The van der Waals surface area contributed by atoms with Crippen LogP contribution in [0.15, 0.2) is 35.3 Å². The number of aryl methyl sites for hydroxylation is 3.